The van der Waals surface area contributed by atoms with Gasteiger partial charge in [-0.25, -0.2) is 13.2 Å². The van der Waals surface area contributed by atoms with Crippen LogP contribution >= 0.6 is 0 Å². The SMILES string of the molecule is O=C(c1c(F)cc(F)cc1F)C1CCN(c2cc(CO)ccc2[N+](=O)[O-])CC1. The highest BCUT2D eigenvalue weighted by molar-refractivity contribution is 5.98. The zero-order valence-electron chi connectivity index (χ0n) is 14.7. The number of hydrogen-bond acceptors (Lipinski definition) is 5. The first-order valence-corrected chi connectivity index (χ1v) is 8.63. The third kappa shape index (κ3) is 3.84. The normalized spacial score (nSPS) is 14.9. The standard InChI is InChI=1S/C19H17F3N2O4/c20-13-8-14(21)18(15(22)9-13)19(26)12-3-5-23(6-4-12)17-7-11(10-25)1-2-16(17)24(27)28/h1-2,7-9,12,25H,3-6,10H2. The number of Topliss-reactive ketones (excluding diaryl/α,β-unsaturated/α-hetero) is 1. The molecule has 1 aliphatic rings. The molecule has 0 bridgehead atoms. The predicted molar refractivity (Wildman–Crippen MR) is 94.6 cm³/mol. The Morgan fingerprint density at radius 1 is 1.14 bits per heavy atom. The van der Waals surface area contributed by atoms with Crippen LogP contribution in [0.3, 0.4) is 0 Å². The van der Waals surface area contributed by atoms with Gasteiger partial charge in [-0.15, -0.1) is 0 Å². The summed E-state index contributed by atoms with van der Waals surface area (Å²) in [6.07, 6.45) is 0.463. The van der Waals surface area contributed by atoms with Crippen molar-refractivity contribution in [1.29, 1.82) is 0 Å². The van der Waals surface area contributed by atoms with E-state index in [0.717, 1.165) is 0 Å². The lowest BCUT2D eigenvalue weighted by Gasteiger charge is -2.33. The second kappa shape index (κ2) is 7.97. The van der Waals surface area contributed by atoms with Crippen LogP contribution in [-0.2, 0) is 6.61 Å². The molecular formula is C19H17F3N2O4. The van der Waals surface area contributed by atoms with Gasteiger partial charge >= 0.3 is 0 Å². The number of hydrogen-bond donors (Lipinski definition) is 1. The monoisotopic (exact) mass is 394 g/mol. The summed E-state index contributed by atoms with van der Waals surface area (Å²) < 4.78 is 40.8. The second-order valence-electron chi connectivity index (χ2n) is 6.61. The van der Waals surface area contributed by atoms with Crippen LogP contribution in [0, 0.1) is 33.5 Å². The highest BCUT2D eigenvalue weighted by atomic mass is 19.1. The highest BCUT2D eigenvalue weighted by Gasteiger charge is 2.31. The zero-order valence-corrected chi connectivity index (χ0v) is 14.7. The first kappa shape index (κ1) is 19.8. The summed E-state index contributed by atoms with van der Waals surface area (Å²) in [5.41, 5.74) is -0.0541. The summed E-state index contributed by atoms with van der Waals surface area (Å²) in [6, 6.07) is 5.21. The van der Waals surface area contributed by atoms with E-state index in [-0.39, 0.29) is 38.2 Å². The molecule has 0 aliphatic carbocycles. The van der Waals surface area contributed by atoms with E-state index in [1.54, 1.807) is 4.90 Å². The number of piperidine rings is 1. The third-order valence-electron chi connectivity index (χ3n) is 4.88. The number of benzene rings is 2. The number of ketones is 1. The van der Waals surface area contributed by atoms with E-state index in [9.17, 15) is 33.2 Å². The molecule has 1 fully saturated rings. The van der Waals surface area contributed by atoms with Gasteiger partial charge in [0.25, 0.3) is 5.69 Å². The zero-order chi connectivity index (χ0) is 20.4. The molecule has 3 rings (SSSR count). The first-order chi connectivity index (χ1) is 13.3. The Hall–Kier alpha value is -2.94. The Labute approximate surface area is 158 Å². The van der Waals surface area contributed by atoms with Crippen molar-refractivity contribution in [3.05, 3.63) is 69.0 Å². The minimum Gasteiger partial charge on any atom is -0.392 e. The summed E-state index contributed by atoms with van der Waals surface area (Å²) in [7, 11) is 0. The summed E-state index contributed by atoms with van der Waals surface area (Å²) >= 11 is 0. The van der Waals surface area contributed by atoms with E-state index in [1.165, 1.54) is 18.2 Å². The molecule has 0 spiro atoms. The van der Waals surface area contributed by atoms with Gasteiger partial charge in [-0.3, -0.25) is 14.9 Å². The van der Waals surface area contributed by atoms with Gasteiger partial charge in [0, 0.05) is 37.2 Å². The fraction of sp³-hybridized carbons (Fsp3) is 0.316. The Kier molecular flexibility index (Phi) is 5.64. The summed E-state index contributed by atoms with van der Waals surface area (Å²) in [6.45, 7) is 0.246. The van der Waals surface area contributed by atoms with E-state index < -0.39 is 39.6 Å². The number of rotatable bonds is 5. The van der Waals surface area contributed by atoms with Crippen LogP contribution in [0.25, 0.3) is 0 Å². The molecule has 28 heavy (non-hydrogen) atoms. The molecule has 1 aliphatic heterocycles. The van der Waals surface area contributed by atoms with E-state index in [2.05, 4.69) is 0 Å². The number of anilines is 1. The van der Waals surface area contributed by atoms with Crippen molar-refractivity contribution in [2.45, 2.75) is 19.4 Å². The molecule has 9 heteroatoms. The van der Waals surface area contributed by atoms with Gasteiger partial charge in [-0.05, 0) is 30.5 Å². The van der Waals surface area contributed by atoms with Crippen molar-refractivity contribution in [3.8, 4) is 0 Å². The van der Waals surface area contributed by atoms with Gasteiger partial charge in [0.1, 0.15) is 23.1 Å². The molecule has 6 nitrogen and oxygen atoms in total. The van der Waals surface area contributed by atoms with Crippen LogP contribution in [0.5, 0.6) is 0 Å². The van der Waals surface area contributed by atoms with Crippen LogP contribution in [0.4, 0.5) is 24.5 Å². The lowest BCUT2D eigenvalue weighted by molar-refractivity contribution is -0.384. The fourth-order valence-corrected chi connectivity index (χ4v) is 3.44. The number of nitro benzene ring substituents is 1. The van der Waals surface area contributed by atoms with Gasteiger partial charge in [-0.1, -0.05) is 0 Å². The van der Waals surface area contributed by atoms with Crippen molar-refractivity contribution in [2.75, 3.05) is 18.0 Å². The largest absolute Gasteiger partial charge is 0.392 e. The van der Waals surface area contributed by atoms with Crippen LogP contribution in [0.2, 0.25) is 0 Å². The van der Waals surface area contributed by atoms with Crippen molar-refractivity contribution in [1.82, 2.24) is 0 Å². The Morgan fingerprint density at radius 3 is 2.29 bits per heavy atom. The van der Waals surface area contributed by atoms with Crippen molar-refractivity contribution in [2.24, 2.45) is 5.92 Å². The number of nitrogens with zero attached hydrogens (tertiary/aromatic N) is 2. The number of halogens is 3. The molecule has 0 amide bonds. The van der Waals surface area contributed by atoms with Crippen molar-refractivity contribution in [3.63, 3.8) is 0 Å². The molecule has 0 aromatic heterocycles. The predicted octanol–water partition coefficient (Wildman–Crippen LogP) is 3.60. The van der Waals surface area contributed by atoms with Crippen molar-refractivity contribution < 1.29 is 28.0 Å². The molecule has 2 aromatic carbocycles. The molecule has 0 atom stereocenters. The lowest BCUT2D eigenvalue weighted by atomic mass is 9.88. The van der Waals surface area contributed by atoms with E-state index in [4.69, 9.17) is 0 Å². The maximum atomic E-state index is 13.9. The Morgan fingerprint density at radius 2 is 1.75 bits per heavy atom. The molecule has 0 radical (unpaired) electrons. The summed E-state index contributed by atoms with van der Waals surface area (Å²) in [5.74, 6) is -5.00. The van der Waals surface area contributed by atoms with Gasteiger partial charge in [0.05, 0.1) is 17.1 Å². The third-order valence-corrected chi connectivity index (χ3v) is 4.88. The molecule has 2 aromatic rings. The maximum absolute atomic E-state index is 13.9. The Bertz CT molecular complexity index is 904. The topological polar surface area (TPSA) is 83.7 Å². The summed E-state index contributed by atoms with van der Waals surface area (Å²) in [5, 5.41) is 20.5. The second-order valence-corrected chi connectivity index (χ2v) is 6.61. The van der Waals surface area contributed by atoms with Crippen molar-refractivity contribution >= 4 is 17.2 Å². The van der Waals surface area contributed by atoms with Gasteiger partial charge in [-0.2, -0.15) is 0 Å². The molecule has 0 unspecified atom stereocenters. The number of aliphatic hydroxyl groups is 1. The quantitative estimate of drug-likeness (QED) is 0.476. The maximum Gasteiger partial charge on any atom is 0.292 e. The highest BCUT2D eigenvalue weighted by Crippen LogP contribution is 2.33. The molecule has 1 heterocycles. The number of carbonyl (C=O) groups is 1. The van der Waals surface area contributed by atoms with Gasteiger partial charge < -0.3 is 10.0 Å². The average Bonchev–Trinajstić information content (AvgIpc) is 2.66. The fourth-order valence-electron chi connectivity index (χ4n) is 3.44. The molecule has 0 saturated carbocycles. The minimum absolute atomic E-state index is 0.127. The van der Waals surface area contributed by atoms with E-state index >= 15 is 0 Å². The van der Waals surface area contributed by atoms with E-state index in [0.29, 0.717) is 23.4 Å². The van der Waals surface area contributed by atoms with Gasteiger partial charge in [0.2, 0.25) is 0 Å². The molecule has 148 valence electrons. The number of aliphatic hydroxyl groups excluding tert-OH is 1. The smallest absolute Gasteiger partial charge is 0.292 e. The van der Waals surface area contributed by atoms with Crippen LogP contribution in [-0.4, -0.2) is 28.9 Å². The first-order valence-electron chi connectivity index (χ1n) is 8.63. The minimum atomic E-state index is -1.24. The van der Waals surface area contributed by atoms with E-state index in [1.807, 2.05) is 0 Å². The number of carbonyl (C=O) groups excluding carboxylic acids is 1. The molecular weight excluding hydrogens is 377 g/mol. The Balaban J connectivity index is 1.78. The average molecular weight is 394 g/mol. The van der Waals surface area contributed by atoms with Gasteiger partial charge in [0.15, 0.2) is 5.78 Å². The number of nitro groups is 1. The lowest BCUT2D eigenvalue weighted by Crippen LogP contribution is -2.37. The van der Waals surface area contributed by atoms with Crippen LogP contribution in [0.1, 0.15) is 28.8 Å². The summed E-state index contributed by atoms with van der Waals surface area (Å²) in [4.78, 5) is 25.0. The molecule has 1 saturated heterocycles. The van der Waals surface area contributed by atoms with Crippen LogP contribution < -0.4 is 4.90 Å². The van der Waals surface area contributed by atoms with Crippen LogP contribution in [0.15, 0.2) is 30.3 Å². The molecule has 1 N–H and O–H groups in total.